The van der Waals surface area contributed by atoms with Crippen LogP contribution in [0.4, 0.5) is 0 Å². The molecule has 2 heterocycles. The first kappa shape index (κ1) is 15.4. The smallest absolute Gasteiger partial charge is 0.0961 e. The van der Waals surface area contributed by atoms with E-state index in [0.29, 0.717) is 6.04 Å². The van der Waals surface area contributed by atoms with E-state index in [1.54, 1.807) is 0 Å². The van der Waals surface area contributed by atoms with Crippen LogP contribution in [0.5, 0.6) is 0 Å². The van der Waals surface area contributed by atoms with Gasteiger partial charge in [0.25, 0.3) is 0 Å². The highest BCUT2D eigenvalue weighted by Gasteiger charge is 2.22. The maximum absolute atomic E-state index is 4.53. The first-order valence-corrected chi connectivity index (χ1v) is 9.00. The lowest BCUT2D eigenvalue weighted by Crippen LogP contribution is -2.36. The van der Waals surface area contributed by atoms with Crippen LogP contribution < -0.4 is 0 Å². The topological polar surface area (TPSA) is 21.1 Å². The Hall–Kier alpha value is -2.13. The van der Waals surface area contributed by atoms with Crippen LogP contribution in [0.2, 0.25) is 0 Å². The van der Waals surface area contributed by atoms with Gasteiger partial charge in [0.15, 0.2) is 0 Å². The summed E-state index contributed by atoms with van der Waals surface area (Å²) in [6.45, 7) is 5.78. The Bertz CT molecular complexity index is 785. The third kappa shape index (κ3) is 3.09. The summed E-state index contributed by atoms with van der Waals surface area (Å²) < 4.78 is 2.32. The van der Waals surface area contributed by atoms with Crippen molar-refractivity contribution in [1.29, 1.82) is 0 Å². The number of rotatable bonds is 4. The summed E-state index contributed by atoms with van der Waals surface area (Å²) in [5, 5.41) is 0. The van der Waals surface area contributed by atoms with Gasteiger partial charge in [-0.3, -0.25) is 0 Å². The first-order chi connectivity index (χ1) is 11.8. The van der Waals surface area contributed by atoms with Gasteiger partial charge in [-0.1, -0.05) is 42.5 Å². The number of fused-ring (bicyclic) bond motifs is 1. The van der Waals surface area contributed by atoms with Gasteiger partial charge in [0, 0.05) is 12.6 Å². The second kappa shape index (κ2) is 6.78. The van der Waals surface area contributed by atoms with Crippen LogP contribution in [0, 0.1) is 0 Å². The molecular formula is C21H25N3. The molecule has 1 aliphatic rings. The molecule has 24 heavy (non-hydrogen) atoms. The molecular weight excluding hydrogens is 294 g/mol. The van der Waals surface area contributed by atoms with Crippen LogP contribution >= 0.6 is 0 Å². The Balaban J connectivity index is 1.38. The van der Waals surface area contributed by atoms with E-state index in [9.17, 15) is 0 Å². The maximum Gasteiger partial charge on any atom is 0.0961 e. The summed E-state index contributed by atoms with van der Waals surface area (Å²) >= 11 is 0. The summed E-state index contributed by atoms with van der Waals surface area (Å²) in [4.78, 5) is 7.14. The van der Waals surface area contributed by atoms with E-state index in [4.69, 9.17) is 0 Å². The minimum absolute atomic E-state index is 0.450. The SMILES string of the molecule is C[C@H](CN1CCC(c2ccccc2)CC1)n1cnc2ccccc21. The van der Waals surface area contributed by atoms with Crippen molar-refractivity contribution in [3.05, 3.63) is 66.5 Å². The highest BCUT2D eigenvalue weighted by atomic mass is 15.2. The fraction of sp³-hybridized carbons (Fsp3) is 0.381. The quantitative estimate of drug-likeness (QED) is 0.707. The molecule has 2 aromatic carbocycles. The Morgan fingerprint density at radius 3 is 2.50 bits per heavy atom. The van der Waals surface area contributed by atoms with E-state index in [0.717, 1.165) is 18.0 Å². The molecule has 4 rings (SSSR count). The number of hydrogen-bond acceptors (Lipinski definition) is 2. The molecule has 3 heteroatoms. The fourth-order valence-electron chi connectivity index (χ4n) is 3.97. The van der Waals surface area contributed by atoms with E-state index in [-0.39, 0.29) is 0 Å². The minimum atomic E-state index is 0.450. The molecule has 1 aromatic heterocycles. The van der Waals surface area contributed by atoms with E-state index >= 15 is 0 Å². The second-order valence-electron chi connectivity index (χ2n) is 6.98. The highest BCUT2D eigenvalue weighted by Crippen LogP contribution is 2.28. The minimum Gasteiger partial charge on any atom is -0.326 e. The molecule has 0 N–H and O–H groups in total. The van der Waals surface area contributed by atoms with E-state index in [1.807, 2.05) is 6.33 Å². The van der Waals surface area contributed by atoms with Crippen LogP contribution in [0.3, 0.4) is 0 Å². The number of piperidine rings is 1. The van der Waals surface area contributed by atoms with E-state index < -0.39 is 0 Å². The van der Waals surface area contributed by atoms with Gasteiger partial charge in [-0.15, -0.1) is 0 Å². The number of nitrogens with zero attached hydrogens (tertiary/aromatic N) is 3. The van der Waals surface area contributed by atoms with Crippen molar-refractivity contribution in [2.45, 2.75) is 31.7 Å². The number of benzene rings is 2. The maximum atomic E-state index is 4.53. The Kier molecular flexibility index (Phi) is 4.35. The van der Waals surface area contributed by atoms with Crippen molar-refractivity contribution in [2.75, 3.05) is 19.6 Å². The molecule has 0 radical (unpaired) electrons. The standard InChI is InChI=1S/C21H25N3/c1-17(24-16-22-20-9-5-6-10-21(20)24)15-23-13-11-19(12-14-23)18-7-3-2-4-8-18/h2-10,16-17,19H,11-15H2,1H3/t17-/m1/s1. The van der Waals surface area contributed by atoms with Gasteiger partial charge in [0.1, 0.15) is 0 Å². The van der Waals surface area contributed by atoms with E-state index in [1.165, 1.54) is 37.0 Å². The number of para-hydroxylation sites is 2. The fourth-order valence-corrected chi connectivity index (χ4v) is 3.97. The zero-order valence-corrected chi connectivity index (χ0v) is 14.3. The molecule has 1 atom stereocenters. The molecule has 0 amide bonds. The third-order valence-corrected chi connectivity index (χ3v) is 5.34. The number of likely N-dealkylation sites (tertiary alicyclic amines) is 1. The van der Waals surface area contributed by atoms with Crippen LogP contribution in [0.15, 0.2) is 60.9 Å². The molecule has 1 saturated heterocycles. The van der Waals surface area contributed by atoms with Crippen LogP contribution in [0.1, 0.15) is 37.3 Å². The predicted octanol–water partition coefficient (Wildman–Crippen LogP) is 4.48. The zero-order valence-electron chi connectivity index (χ0n) is 14.3. The van der Waals surface area contributed by atoms with Crippen molar-refractivity contribution in [3.8, 4) is 0 Å². The van der Waals surface area contributed by atoms with E-state index in [2.05, 4.69) is 76.0 Å². The van der Waals surface area contributed by atoms with Gasteiger partial charge in [-0.25, -0.2) is 4.98 Å². The summed E-state index contributed by atoms with van der Waals surface area (Å²) in [7, 11) is 0. The molecule has 3 nitrogen and oxygen atoms in total. The lowest BCUT2D eigenvalue weighted by molar-refractivity contribution is 0.189. The summed E-state index contributed by atoms with van der Waals surface area (Å²) in [5.74, 6) is 0.729. The lowest BCUT2D eigenvalue weighted by atomic mass is 9.89. The zero-order chi connectivity index (χ0) is 16.4. The largest absolute Gasteiger partial charge is 0.326 e. The monoisotopic (exact) mass is 319 g/mol. The van der Waals surface area contributed by atoms with Gasteiger partial charge in [-0.05, 0) is 56.5 Å². The summed E-state index contributed by atoms with van der Waals surface area (Å²) in [6, 6.07) is 19.8. The Morgan fingerprint density at radius 1 is 1.00 bits per heavy atom. The number of aromatic nitrogens is 2. The van der Waals surface area contributed by atoms with Crippen molar-refractivity contribution < 1.29 is 0 Å². The average Bonchev–Trinajstić information content (AvgIpc) is 3.07. The molecule has 0 saturated carbocycles. The molecule has 1 fully saturated rings. The van der Waals surface area contributed by atoms with Gasteiger partial charge < -0.3 is 9.47 Å². The molecule has 0 unspecified atom stereocenters. The van der Waals surface area contributed by atoms with Crippen molar-refractivity contribution >= 4 is 11.0 Å². The van der Waals surface area contributed by atoms with Crippen molar-refractivity contribution in [3.63, 3.8) is 0 Å². The van der Waals surface area contributed by atoms with Gasteiger partial charge in [0.05, 0.1) is 17.4 Å². The van der Waals surface area contributed by atoms with Crippen LogP contribution in [-0.4, -0.2) is 34.1 Å². The van der Waals surface area contributed by atoms with Gasteiger partial charge >= 0.3 is 0 Å². The second-order valence-corrected chi connectivity index (χ2v) is 6.98. The van der Waals surface area contributed by atoms with Crippen molar-refractivity contribution in [1.82, 2.24) is 14.5 Å². The first-order valence-electron chi connectivity index (χ1n) is 9.00. The van der Waals surface area contributed by atoms with Crippen LogP contribution in [-0.2, 0) is 0 Å². The molecule has 0 spiro atoms. The molecule has 0 aliphatic carbocycles. The lowest BCUT2D eigenvalue weighted by Gasteiger charge is -2.34. The predicted molar refractivity (Wildman–Crippen MR) is 99.3 cm³/mol. The molecule has 124 valence electrons. The van der Waals surface area contributed by atoms with Crippen molar-refractivity contribution in [2.24, 2.45) is 0 Å². The normalized spacial score (nSPS) is 18.0. The Morgan fingerprint density at radius 2 is 1.71 bits per heavy atom. The average molecular weight is 319 g/mol. The molecule has 1 aliphatic heterocycles. The van der Waals surface area contributed by atoms with Crippen LogP contribution in [0.25, 0.3) is 11.0 Å². The third-order valence-electron chi connectivity index (χ3n) is 5.34. The molecule has 3 aromatic rings. The molecule has 0 bridgehead atoms. The summed E-state index contributed by atoms with van der Waals surface area (Å²) in [6.07, 6.45) is 4.52. The highest BCUT2D eigenvalue weighted by molar-refractivity contribution is 5.75. The number of imidazole rings is 1. The summed E-state index contributed by atoms with van der Waals surface area (Å²) in [5.41, 5.74) is 3.84. The Labute approximate surface area is 143 Å². The van der Waals surface area contributed by atoms with Gasteiger partial charge in [0.2, 0.25) is 0 Å². The number of hydrogen-bond donors (Lipinski definition) is 0. The van der Waals surface area contributed by atoms with Gasteiger partial charge in [-0.2, -0.15) is 0 Å².